The highest BCUT2D eigenvalue weighted by atomic mass is 16.1. The summed E-state index contributed by atoms with van der Waals surface area (Å²) in [5.74, 6) is 0.535. The molecule has 0 spiro atoms. The zero-order valence-corrected chi connectivity index (χ0v) is 11.0. The number of carbonyl (C=O) groups is 1. The van der Waals surface area contributed by atoms with E-state index in [1.54, 1.807) is 29.3 Å². The number of hydrogen-bond acceptors (Lipinski definition) is 5. The Kier molecular flexibility index (Phi) is 3.69. The van der Waals surface area contributed by atoms with Crippen molar-refractivity contribution in [1.29, 1.82) is 0 Å². The molecule has 1 unspecified atom stereocenters. The highest BCUT2D eigenvalue weighted by Crippen LogP contribution is 2.06. The Bertz CT molecular complexity index is 559. The molecule has 1 atom stereocenters. The summed E-state index contributed by atoms with van der Waals surface area (Å²) in [5.41, 5.74) is 0.548. The molecule has 0 aliphatic carbocycles. The highest BCUT2D eigenvalue weighted by Gasteiger charge is 2.15. The molecule has 2 N–H and O–H groups in total. The van der Waals surface area contributed by atoms with Crippen molar-refractivity contribution in [2.45, 2.75) is 18.9 Å². The maximum atomic E-state index is 12.0. The van der Waals surface area contributed by atoms with Crippen molar-refractivity contribution in [3.05, 3.63) is 36.5 Å². The van der Waals surface area contributed by atoms with Crippen LogP contribution in [0, 0.1) is 0 Å². The van der Waals surface area contributed by atoms with Gasteiger partial charge in [0.05, 0.1) is 5.56 Å². The summed E-state index contributed by atoms with van der Waals surface area (Å²) in [4.78, 5) is 20.0. The Morgan fingerprint density at radius 2 is 2.45 bits per heavy atom. The molecule has 0 saturated carbocycles. The van der Waals surface area contributed by atoms with Gasteiger partial charge in [0.25, 0.3) is 5.91 Å². The van der Waals surface area contributed by atoms with Crippen LogP contribution in [0.25, 0.3) is 5.82 Å². The number of hydrogen-bond donors (Lipinski definition) is 2. The predicted molar refractivity (Wildman–Crippen MR) is 72.5 cm³/mol. The number of nitrogens with zero attached hydrogens (tertiary/aromatic N) is 4. The Hall–Kier alpha value is -2.28. The van der Waals surface area contributed by atoms with Crippen molar-refractivity contribution in [3.8, 4) is 5.82 Å². The molecule has 1 amide bonds. The minimum absolute atomic E-state index is 0.101. The maximum absolute atomic E-state index is 12.0. The van der Waals surface area contributed by atoms with Gasteiger partial charge in [0.2, 0.25) is 0 Å². The molecule has 2 aromatic heterocycles. The molecule has 1 aliphatic rings. The van der Waals surface area contributed by atoms with Crippen molar-refractivity contribution in [3.63, 3.8) is 0 Å². The van der Waals surface area contributed by atoms with E-state index in [2.05, 4.69) is 25.7 Å². The van der Waals surface area contributed by atoms with Gasteiger partial charge in [-0.05, 0) is 31.5 Å². The summed E-state index contributed by atoms with van der Waals surface area (Å²) in [6.45, 7) is 1.69. The number of amides is 1. The van der Waals surface area contributed by atoms with E-state index in [0.29, 0.717) is 24.0 Å². The number of aromatic nitrogens is 4. The molecule has 104 valence electrons. The molecule has 2 aromatic rings. The van der Waals surface area contributed by atoms with E-state index >= 15 is 0 Å². The van der Waals surface area contributed by atoms with Crippen LogP contribution in [0.1, 0.15) is 23.2 Å². The van der Waals surface area contributed by atoms with Crippen LogP contribution in [0.3, 0.4) is 0 Å². The largest absolute Gasteiger partial charge is 0.350 e. The van der Waals surface area contributed by atoms with E-state index in [1.807, 2.05) is 0 Å². The van der Waals surface area contributed by atoms with Gasteiger partial charge in [-0.3, -0.25) is 4.79 Å². The summed E-state index contributed by atoms with van der Waals surface area (Å²) in [6.07, 6.45) is 6.84. The Balaban J connectivity index is 1.60. The number of nitrogens with one attached hydrogen (secondary N) is 2. The van der Waals surface area contributed by atoms with Gasteiger partial charge in [0, 0.05) is 18.8 Å². The smallest absolute Gasteiger partial charge is 0.252 e. The second kappa shape index (κ2) is 5.79. The van der Waals surface area contributed by atoms with Gasteiger partial charge in [-0.2, -0.15) is 5.10 Å². The van der Waals surface area contributed by atoms with Gasteiger partial charge in [0.15, 0.2) is 5.82 Å². The Labute approximate surface area is 116 Å². The fourth-order valence-electron chi connectivity index (χ4n) is 2.23. The SMILES string of the molecule is O=C(NCC1CCCN1)c1ccc(-n2cncn2)nc1. The minimum Gasteiger partial charge on any atom is -0.350 e. The normalized spacial score (nSPS) is 18.1. The van der Waals surface area contributed by atoms with Crippen LogP contribution >= 0.6 is 0 Å². The lowest BCUT2D eigenvalue weighted by atomic mass is 10.2. The quantitative estimate of drug-likeness (QED) is 0.827. The number of carbonyl (C=O) groups excluding carboxylic acids is 1. The van der Waals surface area contributed by atoms with E-state index < -0.39 is 0 Å². The molecule has 0 radical (unpaired) electrons. The number of rotatable bonds is 4. The zero-order valence-electron chi connectivity index (χ0n) is 11.0. The van der Waals surface area contributed by atoms with E-state index in [0.717, 1.165) is 13.0 Å². The van der Waals surface area contributed by atoms with Gasteiger partial charge in [0.1, 0.15) is 12.7 Å². The molecule has 1 aliphatic heterocycles. The molecule has 7 heteroatoms. The van der Waals surface area contributed by atoms with Crippen molar-refractivity contribution in [2.24, 2.45) is 0 Å². The first-order valence-electron chi connectivity index (χ1n) is 6.65. The summed E-state index contributed by atoms with van der Waals surface area (Å²) in [7, 11) is 0. The minimum atomic E-state index is -0.101. The Morgan fingerprint density at radius 1 is 1.50 bits per heavy atom. The molecule has 3 rings (SSSR count). The zero-order chi connectivity index (χ0) is 13.8. The predicted octanol–water partition coefficient (Wildman–Crippen LogP) is 0.144. The fourth-order valence-corrected chi connectivity index (χ4v) is 2.23. The van der Waals surface area contributed by atoms with Gasteiger partial charge >= 0.3 is 0 Å². The van der Waals surface area contributed by atoms with Crippen molar-refractivity contribution in [2.75, 3.05) is 13.1 Å². The highest BCUT2D eigenvalue weighted by molar-refractivity contribution is 5.93. The van der Waals surface area contributed by atoms with Crippen LogP contribution in [0.4, 0.5) is 0 Å². The summed E-state index contributed by atoms with van der Waals surface area (Å²) in [6, 6.07) is 3.88. The average molecular weight is 272 g/mol. The molecule has 7 nitrogen and oxygen atoms in total. The molecule has 1 fully saturated rings. The summed E-state index contributed by atoms with van der Waals surface area (Å²) in [5, 5.41) is 10.2. The standard InChI is InChI=1S/C13H16N6O/c20-13(17-7-11-2-1-5-15-11)10-3-4-12(16-6-10)19-9-14-8-18-19/h3-4,6,8-9,11,15H,1-2,5,7H2,(H,17,20). The van der Waals surface area contributed by atoms with Crippen LogP contribution in [0.15, 0.2) is 31.0 Å². The topological polar surface area (TPSA) is 84.7 Å². The summed E-state index contributed by atoms with van der Waals surface area (Å²) < 4.78 is 1.55. The number of pyridine rings is 1. The van der Waals surface area contributed by atoms with Crippen molar-refractivity contribution >= 4 is 5.91 Å². The molecular weight excluding hydrogens is 256 g/mol. The molecule has 0 aromatic carbocycles. The van der Waals surface area contributed by atoms with E-state index in [9.17, 15) is 4.79 Å². The van der Waals surface area contributed by atoms with Crippen LogP contribution < -0.4 is 10.6 Å². The molecule has 20 heavy (non-hydrogen) atoms. The van der Waals surface area contributed by atoms with E-state index in [1.165, 1.54) is 12.7 Å². The van der Waals surface area contributed by atoms with Crippen LogP contribution in [0.2, 0.25) is 0 Å². The lowest BCUT2D eigenvalue weighted by Gasteiger charge is -2.11. The second-order valence-electron chi connectivity index (χ2n) is 4.75. The van der Waals surface area contributed by atoms with E-state index in [-0.39, 0.29) is 5.91 Å². The second-order valence-corrected chi connectivity index (χ2v) is 4.75. The third kappa shape index (κ3) is 2.83. The van der Waals surface area contributed by atoms with Crippen LogP contribution in [-0.4, -0.2) is 44.8 Å². The molecular formula is C13H16N6O. The Morgan fingerprint density at radius 3 is 3.10 bits per heavy atom. The van der Waals surface area contributed by atoms with Gasteiger partial charge in [-0.1, -0.05) is 0 Å². The monoisotopic (exact) mass is 272 g/mol. The summed E-state index contributed by atoms with van der Waals surface area (Å²) >= 11 is 0. The molecule has 0 bridgehead atoms. The van der Waals surface area contributed by atoms with Crippen molar-refractivity contribution in [1.82, 2.24) is 30.4 Å². The van der Waals surface area contributed by atoms with Crippen molar-refractivity contribution < 1.29 is 4.79 Å². The average Bonchev–Trinajstić information content (AvgIpc) is 3.18. The lowest BCUT2D eigenvalue weighted by Crippen LogP contribution is -2.37. The van der Waals surface area contributed by atoms with Gasteiger partial charge in [-0.25, -0.2) is 14.6 Å². The van der Waals surface area contributed by atoms with E-state index in [4.69, 9.17) is 0 Å². The third-order valence-corrected chi connectivity index (χ3v) is 3.33. The lowest BCUT2D eigenvalue weighted by molar-refractivity contribution is 0.0950. The third-order valence-electron chi connectivity index (χ3n) is 3.33. The fraction of sp³-hybridized carbons (Fsp3) is 0.385. The molecule has 3 heterocycles. The first kappa shape index (κ1) is 12.7. The van der Waals surface area contributed by atoms with Gasteiger partial charge in [-0.15, -0.1) is 0 Å². The first-order valence-corrected chi connectivity index (χ1v) is 6.65. The maximum Gasteiger partial charge on any atom is 0.252 e. The molecule has 1 saturated heterocycles. The first-order chi connectivity index (χ1) is 9.83. The van der Waals surface area contributed by atoms with Crippen LogP contribution in [-0.2, 0) is 0 Å². The van der Waals surface area contributed by atoms with Crippen LogP contribution in [0.5, 0.6) is 0 Å². The van der Waals surface area contributed by atoms with Gasteiger partial charge < -0.3 is 10.6 Å².